The quantitative estimate of drug-likeness (QED) is 0.918. The van der Waals surface area contributed by atoms with Crippen LogP contribution >= 0.6 is 0 Å². The Labute approximate surface area is 119 Å². The van der Waals surface area contributed by atoms with Crippen LogP contribution < -0.4 is 4.90 Å². The van der Waals surface area contributed by atoms with E-state index < -0.39 is 17.6 Å². The Balaban J connectivity index is 2.26. The van der Waals surface area contributed by atoms with E-state index in [2.05, 4.69) is 0 Å². The highest BCUT2D eigenvalue weighted by atomic mass is 19.4. The highest BCUT2D eigenvalue weighted by Gasteiger charge is 2.30. The van der Waals surface area contributed by atoms with Gasteiger partial charge in [0.15, 0.2) is 0 Å². The Hall–Kier alpha value is -2.50. The molecule has 0 spiro atoms. The van der Waals surface area contributed by atoms with E-state index in [1.807, 2.05) is 0 Å². The number of anilines is 1. The second-order valence-electron chi connectivity index (χ2n) is 4.43. The van der Waals surface area contributed by atoms with Crippen molar-refractivity contribution in [3.8, 4) is 5.75 Å². The Kier molecular flexibility index (Phi) is 3.88. The molecule has 6 heteroatoms. The van der Waals surface area contributed by atoms with Gasteiger partial charge < -0.3 is 10.0 Å². The van der Waals surface area contributed by atoms with E-state index in [9.17, 15) is 23.1 Å². The van der Waals surface area contributed by atoms with Crippen LogP contribution in [0.1, 0.15) is 15.9 Å². The van der Waals surface area contributed by atoms with E-state index in [1.54, 1.807) is 12.1 Å². The zero-order chi connectivity index (χ0) is 15.6. The van der Waals surface area contributed by atoms with Gasteiger partial charge in [0.1, 0.15) is 5.75 Å². The molecule has 0 fully saturated rings. The molecule has 0 saturated heterocycles. The molecule has 0 bridgehead atoms. The summed E-state index contributed by atoms with van der Waals surface area (Å²) in [7, 11) is 1.43. The third kappa shape index (κ3) is 3.16. The van der Waals surface area contributed by atoms with Crippen LogP contribution in [0.5, 0.6) is 5.75 Å². The van der Waals surface area contributed by atoms with E-state index in [4.69, 9.17) is 0 Å². The van der Waals surface area contributed by atoms with Crippen molar-refractivity contribution in [3.63, 3.8) is 0 Å². The molecule has 3 nitrogen and oxygen atoms in total. The number of aromatic hydroxyl groups is 1. The summed E-state index contributed by atoms with van der Waals surface area (Å²) < 4.78 is 37.5. The van der Waals surface area contributed by atoms with Gasteiger partial charge in [-0.2, -0.15) is 13.2 Å². The van der Waals surface area contributed by atoms with E-state index in [-0.39, 0.29) is 11.3 Å². The standard InChI is InChI=1S/C15H12F3NO2/c1-19(14(21)12-4-2-3-5-13(12)20)11-8-6-10(7-9-11)15(16,17)18/h2-9,20H,1H3. The predicted octanol–water partition coefficient (Wildman–Crippen LogP) is 3.69. The second-order valence-corrected chi connectivity index (χ2v) is 4.43. The van der Waals surface area contributed by atoms with Crippen molar-refractivity contribution in [2.24, 2.45) is 0 Å². The van der Waals surface area contributed by atoms with Gasteiger partial charge in [-0.1, -0.05) is 12.1 Å². The van der Waals surface area contributed by atoms with Crippen LogP contribution in [0, 0.1) is 0 Å². The fraction of sp³-hybridized carbons (Fsp3) is 0.133. The molecule has 110 valence electrons. The molecule has 0 unspecified atom stereocenters. The largest absolute Gasteiger partial charge is 0.507 e. The van der Waals surface area contributed by atoms with Crippen LogP contribution in [0.4, 0.5) is 18.9 Å². The number of carbonyl (C=O) groups is 1. The highest BCUT2D eigenvalue weighted by Crippen LogP contribution is 2.30. The minimum atomic E-state index is -4.42. The number of para-hydroxylation sites is 1. The zero-order valence-electron chi connectivity index (χ0n) is 11.1. The van der Waals surface area contributed by atoms with Gasteiger partial charge in [-0.25, -0.2) is 0 Å². The first-order chi connectivity index (χ1) is 9.80. The zero-order valence-corrected chi connectivity index (χ0v) is 11.1. The topological polar surface area (TPSA) is 40.5 Å². The van der Waals surface area contributed by atoms with Gasteiger partial charge in [0, 0.05) is 12.7 Å². The maximum absolute atomic E-state index is 12.5. The summed E-state index contributed by atoms with van der Waals surface area (Å²) >= 11 is 0. The first-order valence-electron chi connectivity index (χ1n) is 6.04. The molecule has 0 aliphatic rings. The highest BCUT2D eigenvalue weighted by molar-refractivity contribution is 6.07. The van der Waals surface area contributed by atoms with Crippen molar-refractivity contribution in [2.45, 2.75) is 6.18 Å². The van der Waals surface area contributed by atoms with E-state index in [0.29, 0.717) is 5.69 Å². The van der Waals surface area contributed by atoms with Crippen LogP contribution in [0.15, 0.2) is 48.5 Å². The van der Waals surface area contributed by atoms with Crippen LogP contribution in [0.3, 0.4) is 0 Å². The molecule has 0 heterocycles. The van der Waals surface area contributed by atoms with Gasteiger partial charge in [-0.15, -0.1) is 0 Å². The smallest absolute Gasteiger partial charge is 0.416 e. The van der Waals surface area contributed by atoms with Crippen molar-refractivity contribution in [1.29, 1.82) is 0 Å². The first kappa shape index (κ1) is 14.9. The lowest BCUT2D eigenvalue weighted by atomic mass is 10.1. The van der Waals surface area contributed by atoms with E-state index >= 15 is 0 Å². The summed E-state index contributed by atoms with van der Waals surface area (Å²) in [5.41, 5.74) is -0.397. The number of phenols is 1. The molecule has 0 saturated carbocycles. The van der Waals surface area contributed by atoms with Crippen LogP contribution in [0.25, 0.3) is 0 Å². The summed E-state index contributed by atoms with van der Waals surface area (Å²) in [5.74, 6) is -0.686. The molecule has 2 aromatic rings. The SMILES string of the molecule is CN(C(=O)c1ccccc1O)c1ccc(C(F)(F)F)cc1. The third-order valence-electron chi connectivity index (χ3n) is 3.02. The summed E-state index contributed by atoms with van der Waals surface area (Å²) in [5, 5.41) is 9.63. The molecule has 0 aliphatic carbocycles. The van der Waals surface area contributed by atoms with E-state index in [1.165, 1.54) is 36.2 Å². The van der Waals surface area contributed by atoms with Crippen molar-refractivity contribution in [1.82, 2.24) is 0 Å². The number of hydrogen-bond donors (Lipinski definition) is 1. The Morgan fingerprint density at radius 3 is 2.14 bits per heavy atom. The minimum absolute atomic E-state index is 0.0832. The molecular weight excluding hydrogens is 283 g/mol. The number of amides is 1. The molecule has 2 aromatic carbocycles. The Bertz CT molecular complexity index is 651. The molecular formula is C15H12F3NO2. The summed E-state index contributed by atoms with van der Waals surface area (Å²) in [4.78, 5) is 13.4. The second kappa shape index (κ2) is 5.47. The molecule has 21 heavy (non-hydrogen) atoms. The van der Waals surface area contributed by atoms with Gasteiger partial charge in [-0.3, -0.25) is 4.79 Å². The molecule has 0 atom stereocenters. The maximum Gasteiger partial charge on any atom is 0.416 e. The van der Waals surface area contributed by atoms with Crippen LogP contribution in [-0.2, 0) is 6.18 Å². The number of carbonyl (C=O) groups excluding carboxylic acids is 1. The van der Waals surface area contributed by atoms with Gasteiger partial charge in [-0.05, 0) is 36.4 Å². The molecule has 1 amide bonds. The van der Waals surface area contributed by atoms with Crippen molar-refractivity contribution >= 4 is 11.6 Å². The van der Waals surface area contributed by atoms with Gasteiger partial charge in [0.25, 0.3) is 5.91 Å². The lowest BCUT2D eigenvalue weighted by Crippen LogP contribution is -2.26. The average molecular weight is 295 g/mol. The fourth-order valence-electron chi connectivity index (χ4n) is 1.83. The maximum atomic E-state index is 12.5. The fourth-order valence-corrected chi connectivity index (χ4v) is 1.83. The monoisotopic (exact) mass is 295 g/mol. The van der Waals surface area contributed by atoms with Crippen molar-refractivity contribution < 1.29 is 23.1 Å². The molecule has 0 aliphatic heterocycles. The normalized spacial score (nSPS) is 11.2. The predicted molar refractivity (Wildman–Crippen MR) is 72.3 cm³/mol. The third-order valence-corrected chi connectivity index (χ3v) is 3.02. The number of phenolic OH excluding ortho intramolecular Hbond substituents is 1. The Morgan fingerprint density at radius 2 is 1.62 bits per heavy atom. The van der Waals surface area contributed by atoms with E-state index in [0.717, 1.165) is 12.1 Å². The number of alkyl halides is 3. The summed E-state index contributed by atoms with van der Waals surface area (Å²) in [6, 6.07) is 10.2. The number of hydrogen-bond acceptors (Lipinski definition) is 2. The number of halogens is 3. The Morgan fingerprint density at radius 1 is 1.05 bits per heavy atom. The molecule has 1 N–H and O–H groups in total. The van der Waals surface area contributed by atoms with Gasteiger partial charge >= 0.3 is 6.18 Å². The van der Waals surface area contributed by atoms with Crippen molar-refractivity contribution in [2.75, 3.05) is 11.9 Å². The lowest BCUT2D eigenvalue weighted by Gasteiger charge is -2.18. The molecule has 2 rings (SSSR count). The van der Waals surface area contributed by atoms with Crippen LogP contribution in [-0.4, -0.2) is 18.1 Å². The van der Waals surface area contributed by atoms with Crippen molar-refractivity contribution in [3.05, 3.63) is 59.7 Å². The average Bonchev–Trinajstić information content (AvgIpc) is 2.45. The number of nitrogens with zero attached hydrogens (tertiary/aromatic N) is 1. The number of benzene rings is 2. The minimum Gasteiger partial charge on any atom is -0.507 e. The molecule has 0 aromatic heterocycles. The summed E-state index contributed by atoms with van der Waals surface area (Å²) in [6.45, 7) is 0. The first-order valence-corrected chi connectivity index (χ1v) is 6.04. The lowest BCUT2D eigenvalue weighted by molar-refractivity contribution is -0.137. The summed E-state index contributed by atoms with van der Waals surface area (Å²) in [6.07, 6.45) is -4.42. The van der Waals surface area contributed by atoms with Gasteiger partial charge in [0.05, 0.1) is 11.1 Å². The van der Waals surface area contributed by atoms with Gasteiger partial charge in [0.2, 0.25) is 0 Å². The van der Waals surface area contributed by atoms with Crippen LogP contribution in [0.2, 0.25) is 0 Å². The molecule has 0 radical (unpaired) electrons. The number of rotatable bonds is 2.